The highest BCUT2D eigenvalue weighted by Gasteiger charge is 2.27. The Morgan fingerprint density at radius 1 is 1.10 bits per heavy atom. The van der Waals surface area contributed by atoms with Gasteiger partial charge < -0.3 is 10.6 Å². The minimum atomic E-state index is -0.740. The Kier molecular flexibility index (Phi) is 8.00. The van der Waals surface area contributed by atoms with Gasteiger partial charge in [-0.2, -0.15) is 0 Å². The van der Waals surface area contributed by atoms with Crippen molar-refractivity contribution in [1.29, 1.82) is 0 Å². The van der Waals surface area contributed by atoms with Crippen LogP contribution in [0.25, 0.3) is 10.6 Å². The van der Waals surface area contributed by atoms with E-state index in [1.54, 1.807) is 18.2 Å². The van der Waals surface area contributed by atoms with E-state index in [4.69, 9.17) is 11.6 Å². The summed E-state index contributed by atoms with van der Waals surface area (Å²) in [5.41, 5.74) is 1.46. The molecule has 0 saturated heterocycles. The Hall–Kier alpha value is -2.49. The second-order valence-corrected chi connectivity index (χ2v) is 9.12. The molecule has 0 aliphatic carbocycles. The molecule has 2 aromatic carbocycles. The molecule has 0 spiro atoms. The summed E-state index contributed by atoms with van der Waals surface area (Å²) in [6.45, 7) is 3.87. The maximum atomic E-state index is 12.9. The Morgan fingerprint density at radius 2 is 1.81 bits per heavy atom. The molecular formula is C21H21BrClN5O2S. The summed E-state index contributed by atoms with van der Waals surface area (Å²) in [5.74, 6) is -0.441. The number of halogens is 2. The first-order valence-corrected chi connectivity index (χ1v) is 11.6. The number of urea groups is 1. The highest BCUT2D eigenvalue weighted by atomic mass is 79.9. The quantitative estimate of drug-likeness (QED) is 0.366. The largest absolute Gasteiger partial charge is 0.326 e. The minimum Gasteiger partial charge on any atom is -0.326 e. The molecule has 0 saturated carbocycles. The van der Waals surface area contributed by atoms with Gasteiger partial charge in [-0.25, -0.2) is 4.79 Å². The molecule has 2 atom stereocenters. The number of hydrogen-bond donors (Lipinski definition) is 3. The van der Waals surface area contributed by atoms with E-state index in [2.05, 4.69) is 42.1 Å². The molecule has 3 aromatic rings. The van der Waals surface area contributed by atoms with Gasteiger partial charge in [0, 0.05) is 15.1 Å². The number of hydrogen-bond acceptors (Lipinski definition) is 5. The van der Waals surface area contributed by atoms with Crippen molar-refractivity contribution in [1.82, 2.24) is 15.5 Å². The van der Waals surface area contributed by atoms with E-state index in [0.29, 0.717) is 27.3 Å². The lowest BCUT2D eigenvalue weighted by Gasteiger charge is -2.23. The van der Waals surface area contributed by atoms with Gasteiger partial charge in [-0.1, -0.05) is 67.5 Å². The van der Waals surface area contributed by atoms with Crippen LogP contribution in [0, 0.1) is 5.92 Å². The SMILES string of the molecule is CC[C@@H](C)[C@H](NC(=O)Nc1ccccc1Br)C(=O)Nc1nnc(-c2ccc(Cl)cc2)s1. The van der Waals surface area contributed by atoms with Crippen LogP contribution in [0.2, 0.25) is 5.02 Å². The zero-order chi connectivity index (χ0) is 22.4. The molecule has 3 rings (SSSR count). The Labute approximate surface area is 197 Å². The second kappa shape index (κ2) is 10.7. The smallest absolute Gasteiger partial charge is 0.319 e. The summed E-state index contributed by atoms with van der Waals surface area (Å²) in [6, 6.07) is 13.3. The molecule has 31 heavy (non-hydrogen) atoms. The monoisotopic (exact) mass is 521 g/mol. The number of para-hydroxylation sites is 1. The fourth-order valence-corrected chi connectivity index (χ4v) is 3.99. The maximum absolute atomic E-state index is 12.9. The molecule has 0 unspecified atom stereocenters. The molecule has 3 amide bonds. The van der Waals surface area contributed by atoms with Crippen molar-refractivity contribution in [2.24, 2.45) is 5.92 Å². The van der Waals surface area contributed by atoms with E-state index in [-0.39, 0.29) is 11.8 Å². The molecule has 162 valence electrons. The maximum Gasteiger partial charge on any atom is 0.319 e. The summed E-state index contributed by atoms with van der Waals surface area (Å²) in [6.07, 6.45) is 0.708. The minimum absolute atomic E-state index is 0.0892. The molecule has 0 bridgehead atoms. The number of anilines is 2. The van der Waals surface area contributed by atoms with Crippen molar-refractivity contribution in [3.8, 4) is 10.6 Å². The van der Waals surface area contributed by atoms with Gasteiger partial charge >= 0.3 is 6.03 Å². The average molecular weight is 523 g/mol. The number of carbonyl (C=O) groups is 2. The number of rotatable bonds is 7. The van der Waals surface area contributed by atoms with Crippen LogP contribution in [0.3, 0.4) is 0 Å². The summed E-state index contributed by atoms with van der Waals surface area (Å²) in [7, 11) is 0. The van der Waals surface area contributed by atoms with Crippen LogP contribution in [0.4, 0.5) is 15.6 Å². The van der Waals surface area contributed by atoms with Crippen molar-refractivity contribution >= 4 is 61.6 Å². The Morgan fingerprint density at radius 3 is 2.48 bits per heavy atom. The summed E-state index contributed by atoms with van der Waals surface area (Å²) >= 11 is 10.6. The first kappa shape index (κ1) is 23.2. The zero-order valence-electron chi connectivity index (χ0n) is 16.9. The first-order valence-electron chi connectivity index (χ1n) is 9.59. The van der Waals surface area contributed by atoms with Crippen LogP contribution in [0.15, 0.2) is 53.0 Å². The highest BCUT2D eigenvalue weighted by molar-refractivity contribution is 9.10. The van der Waals surface area contributed by atoms with Crippen molar-refractivity contribution in [3.63, 3.8) is 0 Å². The van der Waals surface area contributed by atoms with E-state index in [9.17, 15) is 9.59 Å². The lowest BCUT2D eigenvalue weighted by molar-refractivity contribution is -0.119. The van der Waals surface area contributed by atoms with Crippen LogP contribution in [0.1, 0.15) is 20.3 Å². The van der Waals surface area contributed by atoms with Gasteiger partial charge in [0.25, 0.3) is 0 Å². The Bertz CT molecular complexity index is 1060. The van der Waals surface area contributed by atoms with E-state index in [1.807, 2.05) is 44.2 Å². The predicted octanol–water partition coefficient (Wildman–Crippen LogP) is 5.80. The lowest BCUT2D eigenvalue weighted by atomic mass is 9.98. The van der Waals surface area contributed by atoms with Gasteiger partial charge in [0.05, 0.1) is 5.69 Å². The molecular weight excluding hydrogens is 502 g/mol. The molecule has 3 N–H and O–H groups in total. The molecule has 1 aromatic heterocycles. The van der Waals surface area contributed by atoms with E-state index in [1.165, 1.54) is 11.3 Å². The third kappa shape index (κ3) is 6.25. The lowest BCUT2D eigenvalue weighted by Crippen LogP contribution is -2.49. The summed E-state index contributed by atoms with van der Waals surface area (Å²) in [4.78, 5) is 25.4. The molecule has 10 heteroatoms. The van der Waals surface area contributed by atoms with Crippen LogP contribution in [0.5, 0.6) is 0 Å². The number of aromatic nitrogens is 2. The first-order chi connectivity index (χ1) is 14.9. The number of benzene rings is 2. The summed E-state index contributed by atoms with van der Waals surface area (Å²) in [5, 5.41) is 18.1. The van der Waals surface area contributed by atoms with E-state index >= 15 is 0 Å². The summed E-state index contributed by atoms with van der Waals surface area (Å²) < 4.78 is 0.748. The van der Waals surface area contributed by atoms with E-state index < -0.39 is 12.1 Å². The standard InChI is InChI=1S/C21H21BrClN5O2S/c1-3-12(2)17(25-20(30)24-16-7-5-4-6-15(16)22)18(29)26-21-28-27-19(31-21)13-8-10-14(23)11-9-13/h4-12,17H,3H2,1-2H3,(H2,24,25,30)(H,26,28,29)/t12-,17+/m1/s1. The fourth-order valence-electron chi connectivity index (χ4n) is 2.73. The second-order valence-electron chi connectivity index (χ2n) is 6.85. The van der Waals surface area contributed by atoms with Gasteiger partial charge in [-0.15, -0.1) is 10.2 Å². The molecule has 1 heterocycles. The van der Waals surface area contributed by atoms with Crippen molar-refractivity contribution in [2.45, 2.75) is 26.3 Å². The fraction of sp³-hybridized carbons (Fsp3) is 0.238. The normalized spacial score (nSPS) is 12.6. The number of amides is 3. The predicted molar refractivity (Wildman–Crippen MR) is 129 cm³/mol. The average Bonchev–Trinajstić information content (AvgIpc) is 3.22. The van der Waals surface area contributed by atoms with Crippen molar-refractivity contribution < 1.29 is 9.59 Å². The van der Waals surface area contributed by atoms with Gasteiger partial charge in [-0.3, -0.25) is 10.1 Å². The van der Waals surface area contributed by atoms with E-state index in [0.717, 1.165) is 10.0 Å². The van der Waals surface area contributed by atoms with Gasteiger partial charge in [-0.05, 0) is 46.1 Å². The molecule has 0 fully saturated rings. The third-order valence-corrected chi connectivity index (χ3v) is 6.48. The molecule has 0 aliphatic heterocycles. The third-order valence-electron chi connectivity index (χ3n) is 4.65. The number of carbonyl (C=O) groups excluding carboxylic acids is 2. The Balaban J connectivity index is 1.68. The highest BCUT2D eigenvalue weighted by Crippen LogP contribution is 2.27. The van der Waals surface area contributed by atoms with Gasteiger partial charge in [0.2, 0.25) is 11.0 Å². The van der Waals surface area contributed by atoms with Gasteiger partial charge in [0.15, 0.2) is 0 Å². The van der Waals surface area contributed by atoms with Crippen LogP contribution < -0.4 is 16.0 Å². The van der Waals surface area contributed by atoms with Crippen LogP contribution >= 0.6 is 38.9 Å². The van der Waals surface area contributed by atoms with Crippen molar-refractivity contribution in [3.05, 3.63) is 58.0 Å². The van der Waals surface area contributed by atoms with Crippen LogP contribution in [-0.2, 0) is 4.79 Å². The van der Waals surface area contributed by atoms with Gasteiger partial charge in [0.1, 0.15) is 11.0 Å². The number of nitrogens with one attached hydrogen (secondary N) is 3. The molecule has 0 radical (unpaired) electrons. The molecule has 7 nitrogen and oxygen atoms in total. The topological polar surface area (TPSA) is 96.0 Å². The van der Waals surface area contributed by atoms with Crippen molar-refractivity contribution in [2.75, 3.05) is 10.6 Å². The molecule has 0 aliphatic rings. The zero-order valence-corrected chi connectivity index (χ0v) is 20.0. The number of nitrogens with zero attached hydrogens (tertiary/aromatic N) is 2. The van der Waals surface area contributed by atoms with Crippen LogP contribution in [-0.4, -0.2) is 28.2 Å².